The maximum Gasteiger partial charge on any atom is 0.245 e. The number of aromatic amines is 1. The molecular weight excluding hydrogens is 431 g/mol. The Hall–Kier alpha value is -3.35. The van der Waals surface area contributed by atoms with E-state index in [1.807, 2.05) is 35.4 Å². The molecule has 34 heavy (non-hydrogen) atoms. The number of H-pyrrole nitrogens is 1. The van der Waals surface area contributed by atoms with Gasteiger partial charge in [-0.15, -0.1) is 0 Å². The van der Waals surface area contributed by atoms with Crippen LogP contribution >= 0.6 is 0 Å². The summed E-state index contributed by atoms with van der Waals surface area (Å²) in [7, 11) is 0. The van der Waals surface area contributed by atoms with E-state index in [9.17, 15) is 14.0 Å². The first-order valence-corrected chi connectivity index (χ1v) is 12.2. The third-order valence-electron chi connectivity index (χ3n) is 6.60. The van der Waals surface area contributed by atoms with Gasteiger partial charge in [-0.05, 0) is 55.7 Å². The van der Waals surface area contributed by atoms with Crippen molar-refractivity contribution in [2.45, 2.75) is 57.5 Å². The van der Waals surface area contributed by atoms with Crippen molar-refractivity contribution in [1.82, 2.24) is 15.2 Å². The monoisotopic (exact) mass is 464 g/mol. The fourth-order valence-corrected chi connectivity index (χ4v) is 4.81. The van der Waals surface area contributed by atoms with Crippen molar-refractivity contribution in [3.8, 4) is 0 Å². The van der Waals surface area contributed by atoms with E-state index in [2.05, 4.69) is 15.6 Å². The maximum absolute atomic E-state index is 13.4. The molecule has 0 radical (unpaired) electrons. The first-order chi connectivity index (χ1) is 16.5. The Morgan fingerprint density at radius 1 is 1.09 bits per heavy atom. The number of aromatic nitrogens is 1. The van der Waals surface area contributed by atoms with E-state index in [0.717, 1.165) is 47.8 Å². The van der Waals surface area contributed by atoms with Crippen LogP contribution in [0, 0.1) is 5.82 Å². The summed E-state index contributed by atoms with van der Waals surface area (Å²) < 4.78 is 13.2. The van der Waals surface area contributed by atoms with Crippen LogP contribution < -0.4 is 10.6 Å². The Kier molecular flexibility index (Phi) is 7.83. The van der Waals surface area contributed by atoms with Gasteiger partial charge in [-0.1, -0.05) is 37.5 Å². The molecule has 1 aromatic heterocycles. The molecule has 2 amide bonds. The summed E-state index contributed by atoms with van der Waals surface area (Å²) in [6, 6.07) is 13.7. The molecular formula is C27H33FN4O2. The van der Waals surface area contributed by atoms with Gasteiger partial charge >= 0.3 is 0 Å². The lowest BCUT2D eigenvalue weighted by Gasteiger charge is -2.36. The first kappa shape index (κ1) is 23.8. The molecule has 4 rings (SSSR count). The predicted octanol–water partition coefficient (Wildman–Crippen LogP) is 4.63. The van der Waals surface area contributed by atoms with Gasteiger partial charge in [-0.3, -0.25) is 9.59 Å². The Bertz CT molecular complexity index is 1110. The zero-order chi connectivity index (χ0) is 23.9. The summed E-state index contributed by atoms with van der Waals surface area (Å²) in [5.74, 6) is -0.500. The molecule has 1 aliphatic carbocycles. The highest BCUT2D eigenvalue weighted by molar-refractivity contribution is 5.91. The van der Waals surface area contributed by atoms with Crippen LogP contribution in [0.4, 0.5) is 10.1 Å². The average molecular weight is 465 g/mol. The molecule has 1 saturated carbocycles. The summed E-state index contributed by atoms with van der Waals surface area (Å²) in [4.78, 5) is 31.3. The fourth-order valence-electron chi connectivity index (χ4n) is 4.81. The number of carbonyl (C=O) groups is 2. The van der Waals surface area contributed by atoms with E-state index in [1.165, 1.54) is 18.6 Å². The number of nitrogens with one attached hydrogen (secondary N) is 3. The number of hydrogen-bond acceptors (Lipinski definition) is 3. The second-order valence-electron chi connectivity index (χ2n) is 9.08. The van der Waals surface area contributed by atoms with Crippen LogP contribution in [0.1, 0.15) is 44.6 Å². The smallest absolute Gasteiger partial charge is 0.245 e. The number of rotatable bonds is 9. The SMILES string of the molecule is CC(NC(=O)Cc1c[nH]c2ccccc12)C(=O)N(CCNc1ccc(F)cc1)C1CCCCC1. The molecule has 0 saturated heterocycles. The minimum absolute atomic E-state index is 0.0555. The minimum atomic E-state index is -0.606. The number of para-hydroxylation sites is 1. The number of amides is 2. The molecule has 1 atom stereocenters. The number of anilines is 1. The number of benzene rings is 2. The largest absolute Gasteiger partial charge is 0.383 e. The van der Waals surface area contributed by atoms with E-state index < -0.39 is 6.04 Å². The molecule has 180 valence electrons. The molecule has 1 unspecified atom stereocenters. The second kappa shape index (κ2) is 11.2. The maximum atomic E-state index is 13.4. The van der Waals surface area contributed by atoms with Crippen molar-refractivity contribution in [1.29, 1.82) is 0 Å². The predicted molar refractivity (Wildman–Crippen MR) is 133 cm³/mol. The van der Waals surface area contributed by atoms with Gasteiger partial charge < -0.3 is 20.5 Å². The van der Waals surface area contributed by atoms with Crippen molar-refractivity contribution < 1.29 is 14.0 Å². The number of hydrogen-bond donors (Lipinski definition) is 3. The molecule has 0 spiro atoms. The standard InChI is InChI=1S/C27H33FN4O2/c1-19(31-26(33)17-20-18-30-25-10-6-5-9-24(20)25)27(34)32(23-7-3-2-4-8-23)16-15-29-22-13-11-21(28)12-14-22/h5-6,9-14,18-19,23,29-30H,2-4,7-8,15-17H2,1H3,(H,31,33). The molecule has 3 N–H and O–H groups in total. The molecule has 1 heterocycles. The van der Waals surface area contributed by atoms with Crippen molar-refractivity contribution in [3.63, 3.8) is 0 Å². The molecule has 1 aliphatic rings. The Labute approximate surface area is 199 Å². The lowest BCUT2D eigenvalue weighted by Crippen LogP contribution is -2.52. The van der Waals surface area contributed by atoms with Crippen molar-refractivity contribution >= 4 is 28.4 Å². The van der Waals surface area contributed by atoms with Crippen LogP contribution in [-0.2, 0) is 16.0 Å². The minimum Gasteiger partial charge on any atom is -0.383 e. The molecule has 7 heteroatoms. The number of halogens is 1. The van der Waals surface area contributed by atoms with E-state index in [0.29, 0.717) is 13.1 Å². The van der Waals surface area contributed by atoms with Gasteiger partial charge in [0.25, 0.3) is 0 Å². The van der Waals surface area contributed by atoms with Crippen LogP contribution in [0.2, 0.25) is 0 Å². The lowest BCUT2D eigenvalue weighted by molar-refractivity contribution is -0.138. The van der Waals surface area contributed by atoms with Crippen LogP contribution in [0.25, 0.3) is 10.9 Å². The van der Waals surface area contributed by atoms with Gasteiger partial charge in [0, 0.05) is 41.9 Å². The zero-order valence-electron chi connectivity index (χ0n) is 19.6. The average Bonchev–Trinajstić information content (AvgIpc) is 3.25. The van der Waals surface area contributed by atoms with Gasteiger partial charge in [-0.2, -0.15) is 0 Å². The van der Waals surface area contributed by atoms with E-state index in [-0.39, 0.29) is 30.1 Å². The number of nitrogens with zero attached hydrogens (tertiary/aromatic N) is 1. The topological polar surface area (TPSA) is 77.2 Å². The van der Waals surface area contributed by atoms with Gasteiger partial charge in [0.05, 0.1) is 6.42 Å². The summed E-state index contributed by atoms with van der Waals surface area (Å²) in [6.45, 7) is 2.85. The van der Waals surface area contributed by atoms with E-state index >= 15 is 0 Å². The molecule has 0 aliphatic heterocycles. The zero-order valence-corrected chi connectivity index (χ0v) is 19.6. The summed E-state index contributed by atoms with van der Waals surface area (Å²) in [5.41, 5.74) is 2.73. The lowest BCUT2D eigenvalue weighted by atomic mass is 9.93. The third kappa shape index (κ3) is 5.95. The second-order valence-corrected chi connectivity index (χ2v) is 9.08. The highest BCUT2D eigenvalue weighted by Crippen LogP contribution is 2.23. The molecule has 1 fully saturated rings. The van der Waals surface area contributed by atoms with E-state index in [1.54, 1.807) is 19.1 Å². The van der Waals surface area contributed by atoms with Crippen molar-refractivity contribution in [2.75, 3.05) is 18.4 Å². The summed E-state index contributed by atoms with van der Waals surface area (Å²) in [5, 5.41) is 7.20. The molecule has 3 aromatic rings. The van der Waals surface area contributed by atoms with Crippen LogP contribution in [-0.4, -0.2) is 46.9 Å². The quantitative estimate of drug-likeness (QED) is 0.432. The van der Waals surface area contributed by atoms with Gasteiger partial charge in [-0.25, -0.2) is 4.39 Å². The molecule has 6 nitrogen and oxygen atoms in total. The molecule has 2 aromatic carbocycles. The molecule has 0 bridgehead atoms. The number of carbonyl (C=O) groups excluding carboxylic acids is 2. The highest BCUT2D eigenvalue weighted by atomic mass is 19.1. The van der Waals surface area contributed by atoms with Crippen LogP contribution in [0.5, 0.6) is 0 Å². The third-order valence-corrected chi connectivity index (χ3v) is 6.60. The summed E-state index contributed by atoms with van der Waals surface area (Å²) in [6.07, 6.45) is 7.46. The van der Waals surface area contributed by atoms with Gasteiger partial charge in [0.2, 0.25) is 11.8 Å². The summed E-state index contributed by atoms with van der Waals surface area (Å²) >= 11 is 0. The van der Waals surface area contributed by atoms with Crippen molar-refractivity contribution in [2.24, 2.45) is 0 Å². The van der Waals surface area contributed by atoms with E-state index in [4.69, 9.17) is 0 Å². The van der Waals surface area contributed by atoms with Gasteiger partial charge in [0.1, 0.15) is 11.9 Å². The highest BCUT2D eigenvalue weighted by Gasteiger charge is 2.29. The Morgan fingerprint density at radius 2 is 1.82 bits per heavy atom. The van der Waals surface area contributed by atoms with Gasteiger partial charge in [0.15, 0.2) is 0 Å². The van der Waals surface area contributed by atoms with Crippen LogP contribution in [0.3, 0.4) is 0 Å². The first-order valence-electron chi connectivity index (χ1n) is 12.2. The van der Waals surface area contributed by atoms with Crippen molar-refractivity contribution in [3.05, 3.63) is 66.1 Å². The Morgan fingerprint density at radius 3 is 2.59 bits per heavy atom. The number of fused-ring (bicyclic) bond motifs is 1. The normalized spacial score (nSPS) is 15.1. The fraction of sp³-hybridized carbons (Fsp3) is 0.407. The van der Waals surface area contributed by atoms with Crippen LogP contribution in [0.15, 0.2) is 54.7 Å². The Balaban J connectivity index is 1.36.